The molecule has 1 heterocycles. The van der Waals surface area contributed by atoms with Crippen LogP contribution in [0.25, 0.3) is 11.0 Å². The van der Waals surface area contributed by atoms with E-state index in [1.807, 2.05) is 42.7 Å². The number of carbonyl (C=O) groups is 1. The van der Waals surface area contributed by atoms with Crippen LogP contribution in [0, 0.1) is 0 Å². The SMILES string of the molecule is O=C(CCc1ccccc1)NCc1ccc(Cn2cnc3ccccc32)cc1. The number of hydrogen-bond donors (Lipinski definition) is 1. The van der Waals surface area contributed by atoms with E-state index in [0.29, 0.717) is 13.0 Å². The second-order valence-corrected chi connectivity index (χ2v) is 6.94. The molecule has 3 aromatic carbocycles. The molecule has 0 fully saturated rings. The summed E-state index contributed by atoms with van der Waals surface area (Å²) in [6.45, 7) is 1.34. The Balaban J connectivity index is 1.29. The summed E-state index contributed by atoms with van der Waals surface area (Å²) < 4.78 is 2.15. The largest absolute Gasteiger partial charge is 0.352 e. The lowest BCUT2D eigenvalue weighted by Gasteiger charge is -2.08. The van der Waals surface area contributed by atoms with Crippen LogP contribution in [0.15, 0.2) is 85.2 Å². The third-order valence-electron chi connectivity index (χ3n) is 4.88. The first-order valence-corrected chi connectivity index (χ1v) is 9.56. The summed E-state index contributed by atoms with van der Waals surface area (Å²) in [7, 11) is 0. The number of carbonyl (C=O) groups excluding carboxylic acids is 1. The van der Waals surface area contributed by atoms with E-state index in [9.17, 15) is 4.79 Å². The number of nitrogens with one attached hydrogen (secondary N) is 1. The fourth-order valence-electron chi connectivity index (χ4n) is 3.29. The first-order chi connectivity index (χ1) is 13.8. The molecule has 0 aliphatic heterocycles. The van der Waals surface area contributed by atoms with Crippen LogP contribution in [0.3, 0.4) is 0 Å². The molecular formula is C24H23N3O. The van der Waals surface area contributed by atoms with E-state index in [4.69, 9.17) is 0 Å². The number of para-hydroxylation sites is 2. The maximum absolute atomic E-state index is 12.1. The number of aryl methyl sites for hydroxylation is 1. The average Bonchev–Trinajstić information content (AvgIpc) is 3.15. The molecule has 0 aliphatic carbocycles. The van der Waals surface area contributed by atoms with Crippen LogP contribution in [-0.4, -0.2) is 15.5 Å². The number of imidazole rings is 1. The summed E-state index contributed by atoms with van der Waals surface area (Å²) >= 11 is 0. The van der Waals surface area contributed by atoms with Gasteiger partial charge in [0.1, 0.15) is 0 Å². The van der Waals surface area contributed by atoms with Crippen molar-refractivity contribution in [2.45, 2.75) is 25.9 Å². The maximum Gasteiger partial charge on any atom is 0.220 e. The average molecular weight is 369 g/mol. The molecule has 4 rings (SSSR count). The molecule has 0 aliphatic rings. The molecule has 0 radical (unpaired) electrons. The van der Waals surface area contributed by atoms with Crippen molar-refractivity contribution in [2.24, 2.45) is 0 Å². The Labute approximate surface area is 164 Å². The third kappa shape index (κ3) is 4.46. The molecule has 0 atom stereocenters. The Morgan fingerprint density at radius 1 is 0.821 bits per heavy atom. The van der Waals surface area contributed by atoms with Crippen LogP contribution >= 0.6 is 0 Å². The van der Waals surface area contributed by atoms with Crippen LogP contribution in [0.4, 0.5) is 0 Å². The predicted octanol–water partition coefficient (Wildman–Crippen LogP) is 4.33. The summed E-state index contributed by atoms with van der Waals surface area (Å²) in [4.78, 5) is 16.5. The van der Waals surface area contributed by atoms with Gasteiger partial charge < -0.3 is 9.88 Å². The van der Waals surface area contributed by atoms with E-state index in [0.717, 1.165) is 29.6 Å². The smallest absolute Gasteiger partial charge is 0.220 e. The van der Waals surface area contributed by atoms with Gasteiger partial charge in [0.05, 0.1) is 17.4 Å². The summed E-state index contributed by atoms with van der Waals surface area (Å²) in [6.07, 6.45) is 3.16. The van der Waals surface area contributed by atoms with Crippen molar-refractivity contribution in [2.75, 3.05) is 0 Å². The van der Waals surface area contributed by atoms with Gasteiger partial charge >= 0.3 is 0 Å². The summed E-state index contributed by atoms with van der Waals surface area (Å²) in [5, 5.41) is 3.00. The van der Waals surface area contributed by atoms with Crippen molar-refractivity contribution in [1.82, 2.24) is 14.9 Å². The van der Waals surface area contributed by atoms with Crippen LogP contribution < -0.4 is 5.32 Å². The fraction of sp³-hybridized carbons (Fsp3) is 0.167. The molecule has 4 nitrogen and oxygen atoms in total. The van der Waals surface area contributed by atoms with Gasteiger partial charge in [-0.05, 0) is 35.2 Å². The van der Waals surface area contributed by atoms with Crippen LogP contribution in [-0.2, 0) is 24.3 Å². The fourth-order valence-corrected chi connectivity index (χ4v) is 3.29. The van der Waals surface area contributed by atoms with Gasteiger partial charge in [-0.1, -0.05) is 66.7 Å². The second kappa shape index (κ2) is 8.53. The minimum absolute atomic E-state index is 0.0813. The second-order valence-electron chi connectivity index (χ2n) is 6.94. The predicted molar refractivity (Wildman–Crippen MR) is 112 cm³/mol. The highest BCUT2D eigenvalue weighted by molar-refractivity contribution is 5.76. The van der Waals surface area contributed by atoms with E-state index < -0.39 is 0 Å². The lowest BCUT2D eigenvalue weighted by molar-refractivity contribution is -0.121. The molecular weight excluding hydrogens is 346 g/mol. The number of nitrogens with zero attached hydrogens (tertiary/aromatic N) is 2. The molecule has 1 aromatic heterocycles. The molecule has 0 bridgehead atoms. The van der Waals surface area contributed by atoms with E-state index >= 15 is 0 Å². The van der Waals surface area contributed by atoms with Crippen LogP contribution in [0.2, 0.25) is 0 Å². The lowest BCUT2D eigenvalue weighted by Crippen LogP contribution is -2.23. The molecule has 1 amide bonds. The number of benzene rings is 3. The molecule has 28 heavy (non-hydrogen) atoms. The number of fused-ring (bicyclic) bond motifs is 1. The first-order valence-electron chi connectivity index (χ1n) is 9.56. The van der Waals surface area contributed by atoms with E-state index in [-0.39, 0.29) is 5.91 Å². The third-order valence-corrected chi connectivity index (χ3v) is 4.88. The van der Waals surface area contributed by atoms with Gasteiger partial charge in [-0.2, -0.15) is 0 Å². The molecule has 4 heteroatoms. The minimum atomic E-state index is 0.0813. The van der Waals surface area contributed by atoms with Gasteiger partial charge in [0, 0.05) is 19.5 Å². The zero-order chi connectivity index (χ0) is 19.2. The number of hydrogen-bond acceptors (Lipinski definition) is 2. The quantitative estimate of drug-likeness (QED) is 0.527. The van der Waals surface area contributed by atoms with Crippen LogP contribution in [0.5, 0.6) is 0 Å². The normalized spacial score (nSPS) is 10.9. The highest BCUT2D eigenvalue weighted by Crippen LogP contribution is 2.14. The molecule has 0 saturated heterocycles. The molecule has 0 saturated carbocycles. The number of aromatic nitrogens is 2. The van der Waals surface area contributed by atoms with Crippen LogP contribution in [0.1, 0.15) is 23.1 Å². The van der Waals surface area contributed by atoms with Crippen molar-refractivity contribution in [1.29, 1.82) is 0 Å². The monoisotopic (exact) mass is 369 g/mol. The van der Waals surface area contributed by atoms with Crippen molar-refractivity contribution in [3.8, 4) is 0 Å². The Morgan fingerprint density at radius 3 is 2.36 bits per heavy atom. The van der Waals surface area contributed by atoms with Gasteiger partial charge in [-0.3, -0.25) is 4.79 Å². The molecule has 0 spiro atoms. The van der Waals surface area contributed by atoms with E-state index in [1.54, 1.807) is 0 Å². The Hall–Kier alpha value is -3.40. The Kier molecular flexibility index (Phi) is 5.48. The van der Waals surface area contributed by atoms with Crippen molar-refractivity contribution in [3.63, 3.8) is 0 Å². The van der Waals surface area contributed by atoms with E-state index in [1.165, 1.54) is 11.1 Å². The molecule has 0 unspecified atom stereocenters. The highest BCUT2D eigenvalue weighted by Gasteiger charge is 2.04. The summed E-state index contributed by atoms with van der Waals surface area (Å²) in [6, 6.07) is 26.6. The number of rotatable bonds is 7. The van der Waals surface area contributed by atoms with E-state index in [2.05, 4.69) is 57.3 Å². The standard InChI is InChI=1S/C24H23N3O/c28-24(15-14-19-6-2-1-3-7-19)25-16-20-10-12-21(13-11-20)17-27-18-26-22-8-4-5-9-23(22)27/h1-13,18H,14-17H2,(H,25,28). The lowest BCUT2D eigenvalue weighted by atomic mass is 10.1. The van der Waals surface area contributed by atoms with Crippen molar-refractivity contribution < 1.29 is 4.79 Å². The molecule has 140 valence electrons. The molecule has 4 aromatic rings. The topological polar surface area (TPSA) is 46.9 Å². The van der Waals surface area contributed by atoms with Gasteiger partial charge in [-0.25, -0.2) is 4.98 Å². The van der Waals surface area contributed by atoms with Crippen molar-refractivity contribution in [3.05, 3.63) is 102 Å². The van der Waals surface area contributed by atoms with Gasteiger partial charge in [-0.15, -0.1) is 0 Å². The minimum Gasteiger partial charge on any atom is -0.352 e. The Bertz CT molecular complexity index is 1050. The highest BCUT2D eigenvalue weighted by atomic mass is 16.1. The first kappa shape index (κ1) is 18.0. The number of amides is 1. The molecule has 1 N–H and O–H groups in total. The zero-order valence-corrected chi connectivity index (χ0v) is 15.7. The Morgan fingerprint density at radius 2 is 1.54 bits per heavy atom. The zero-order valence-electron chi connectivity index (χ0n) is 15.7. The van der Waals surface area contributed by atoms with Crippen molar-refractivity contribution >= 4 is 16.9 Å². The van der Waals surface area contributed by atoms with Gasteiger partial charge in [0.2, 0.25) is 5.91 Å². The summed E-state index contributed by atoms with van der Waals surface area (Å²) in [5.41, 5.74) is 5.65. The maximum atomic E-state index is 12.1. The van der Waals surface area contributed by atoms with Gasteiger partial charge in [0.25, 0.3) is 0 Å². The van der Waals surface area contributed by atoms with Gasteiger partial charge in [0.15, 0.2) is 0 Å². The summed E-state index contributed by atoms with van der Waals surface area (Å²) in [5.74, 6) is 0.0813.